The maximum absolute atomic E-state index is 12.1. The van der Waals surface area contributed by atoms with Crippen LogP contribution >= 0.6 is 0 Å². The molecular weight excluding hydrogens is 386 g/mol. The van der Waals surface area contributed by atoms with E-state index >= 15 is 0 Å². The van der Waals surface area contributed by atoms with Gasteiger partial charge >= 0.3 is 12.3 Å². The highest BCUT2D eigenvalue weighted by Crippen LogP contribution is 2.18. The monoisotopic (exact) mass is 421 g/mol. The molecule has 1 aliphatic heterocycles. The van der Waals surface area contributed by atoms with Crippen molar-refractivity contribution >= 4 is 18.1 Å². The van der Waals surface area contributed by atoms with Gasteiger partial charge in [-0.05, 0) is 74.4 Å². The molecule has 1 N–H and O–H groups in total. The van der Waals surface area contributed by atoms with Crippen molar-refractivity contribution in [2.24, 2.45) is 5.92 Å². The lowest BCUT2D eigenvalue weighted by atomic mass is 9.89. The van der Waals surface area contributed by atoms with Crippen LogP contribution in [0.1, 0.15) is 70.3 Å². The Morgan fingerprint density at radius 1 is 0.833 bits per heavy atom. The van der Waals surface area contributed by atoms with Gasteiger partial charge in [-0.25, -0.2) is 9.59 Å². The molecule has 0 aliphatic carbocycles. The third-order valence-corrected chi connectivity index (χ3v) is 3.99. The van der Waals surface area contributed by atoms with E-state index in [1.54, 1.807) is 41.5 Å². The smallest absolute Gasteiger partial charge is 0.428 e. The van der Waals surface area contributed by atoms with E-state index in [-0.39, 0.29) is 5.92 Å². The van der Waals surface area contributed by atoms with Crippen LogP contribution < -0.4 is 5.32 Å². The fourth-order valence-corrected chi connectivity index (χ4v) is 2.65. The summed E-state index contributed by atoms with van der Waals surface area (Å²) < 4.78 is 13.8. The molecule has 168 valence electrons. The number of piperidine rings is 1. The molecule has 0 aromatic heterocycles. The van der Waals surface area contributed by atoms with Gasteiger partial charge in [0.05, 0.1) is 0 Å². The fraction of sp³-hybridized carbons (Fsp3) is 0.609. The maximum atomic E-state index is 12.1. The van der Waals surface area contributed by atoms with Crippen LogP contribution in [0.3, 0.4) is 0 Å². The van der Waals surface area contributed by atoms with E-state index in [1.165, 1.54) is 5.56 Å². The summed E-state index contributed by atoms with van der Waals surface area (Å²) in [6, 6.07) is 7.90. The lowest BCUT2D eigenvalue weighted by Gasteiger charge is -2.21. The van der Waals surface area contributed by atoms with Gasteiger partial charge in [0.2, 0.25) is 0 Å². The van der Waals surface area contributed by atoms with Crippen molar-refractivity contribution < 1.29 is 28.6 Å². The summed E-state index contributed by atoms with van der Waals surface area (Å²) in [6.45, 7) is 14.0. The highest BCUT2D eigenvalue weighted by atomic mass is 16.8. The molecule has 0 saturated carbocycles. The van der Waals surface area contributed by atoms with Crippen molar-refractivity contribution in [3.63, 3.8) is 0 Å². The number of carbonyl (C=O) groups excluding carboxylic acids is 3. The Morgan fingerprint density at radius 3 is 1.67 bits per heavy atom. The Bertz CT molecular complexity index is 681. The molecule has 0 amide bonds. The van der Waals surface area contributed by atoms with Crippen LogP contribution in [0.25, 0.3) is 0 Å². The molecule has 30 heavy (non-hydrogen) atoms. The number of ketones is 1. The molecule has 7 heteroatoms. The molecule has 0 bridgehead atoms. The number of rotatable bonds is 2. The summed E-state index contributed by atoms with van der Waals surface area (Å²) in [5.74, 6) is 0.547. The number of nitrogens with one attached hydrogen (secondary N) is 1. The number of carbonyl (C=O) groups is 3. The SMILES string of the molecule is CC(C)(C)OC(=O)OC(=O)OC(C)(C)C.Cc1ccc(C(=O)C2CCNCC2)cc1. The van der Waals surface area contributed by atoms with Gasteiger partial charge in [-0.3, -0.25) is 4.79 Å². The first-order valence-corrected chi connectivity index (χ1v) is 10.2. The summed E-state index contributed by atoms with van der Waals surface area (Å²) in [5, 5.41) is 3.28. The second-order valence-electron chi connectivity index (χ2n) is 9.29. The Balaban J connectivity index is 0.000000300. The topological polar surface area (TPSA) is 90.9 Å². The normalized spacial score (nSPS) is 14.8. The van der Waals surface area contributed by atoms with E-state index in [0.717, 1.165) is 31.5 Å². The zero-order valence-corrected chi connectivity index (χ0v) is 19.2. The van der Waals surface area contributed by atoms with Crippen LogP contribution in [0, 0.1) is 12.8 Å². The van der Waals surface area contributed by atoms with Crippen molar-refractivity contribution in [3.8, 4) is 0 Å². The molecule has 1 aliphatic rings. The predicted molar refractivity (Wildman–Crippen MR) is 115 cm³/mol. The van der Waals surface area contributed by atoms with E-state index in [9.17, 15) is 14.4 Å². The van der Waals surface area contributed by atoms with Gasteiger partial charge in [0.15, 0.2) is 5.78 Å². The molecule has 1 saturated heterocycles. The standard InChI is InChI=1S/C13H17NO.C10H18O5/c1-10-2-4-11(5-3-10)13(15)12-6-8-14-9-7-12;1-9(2,3)14-7(11)13-8(12)15-10(4,5)6/h2-5,12,14H,6-9H2,1H3;1-6H3. The molecule has 1 aromatic carbocycles. The highest BCUT2D eigenvalue weighted by Gasteiger charge is 2.24. The number of ether oxygens (including phenoxy) is 3. The van der Waals surface area contributed by atoms with Crippen molar-refractivity contribution in [3.05, 3.63) is 35.4 Å². The molecule has 0 spiro atoms. The minimum absolute atomic E-state index is 0.231. The number of aryl methyl sites for hydroxylation is 1. The molecule has 7 nitrogen and oxygen atoms in total. The van der Waals surface area contributed by atoms with Crippen molar-refractivity contribution in [2.75, 3.05) is 13.1 Å². The number of hydrogen-bond donors (Lipinski definition) is 1. The highest BCUT2D eigenvalue weighted by molar-refractivity contribution is 5.97. The first-order valence-electron chi connectivity index (χ1n) is 10.2. The number of hydrogen-bond acceptors (Lipinski definition) is 7. The number of benzene rings is 1. The second-order valence-corrected chi connectivity index (χ2v) is 9.29. The molecule has 1 heterocycles. The summed E-state index contributed by atoms with van der Waals surface area (Å²) >= 11 is 0. The summed E-state index contributed by atoms with van der Waals surface area (Å²) in [5.41, 5.74) is 0.683. The molecule has 1 aromatic rings. The molecule has 0 radical (unpaired) electrons. The van der Waals surface area contributed by atoms with E-state index in [2.05, 4.69) is 10.1 Å². The fourth-order valence-electron chi connectivity index (χ4n) is 2.65. The van der Waals surface area contributed by atoms with Crippen LogP contribution in [0.4, 0.5) is 9.59 Å². The summed E-state index contributed by atoms with van der Waals surface area (Å²) in [4.78, 5) is 34.1. The van der Waals surface area contributed by atoms with Crippen LogP contribution in [-0.2, 0) is 14.2 Å². The average molecular weight is 422 g/mol. The molecule has 0 unspecified atom stereocenters. The van der Waals surface area contributed by atoms with Gasteiger partial charge in [0.25, 0.3) is 0 Å². The molecule has 0 atom stereocenters. The quantitative estimate of drug-likeness (QED) is 0.406. The minimum atomic E-state index is -1.06. The van der Waals surface area contributed by atoms with Gasteiger partial charge in [-0.2, -0.15) is 0 Å². The van der Waals surface area contributed by atoms with Crippen LogP contribution in [0.2, 0.25) is 0 Å². The Labute approximate surface area is 179 Å². The summed E-state index contributed by atoms with van der Waals surface area (Å²) in [6.07, 6.45) is -0.159. The first-order chi connectivity index (χ1) is 13.8. The largest absolute Gasteiger partial charge is 0.519 e. The second kappa shape index (κ2) is 11.1. The number of Topliss-reactive ketones (excluding diaryl/α,β-unsaturated/α-hetero) is 1. The molecule has 1 fully saturated rings. The van der Waals surface area contributed by atoms with Gasteiger partial charge in [0, 0.05) is 11.5 Å². The van der Waals surface area contributed by atoms with Crippen LogP contribution in [0.5, 0.6) is 0 Å². The third kappa shape index (κ3) is 11.0. The Morgan fingerprint density at radius 2 is 1.27 bits per heavy atom. The molecular formula is C23H35NO6. The van der Waals surface area contributed by atoms with Crippen LogP contribution in [0.15, 0.2) is 24.3 Å². The van der Waals surface area contributed by atoms with Crippen LogP contribution in [-0.4, -0.2) is 42.4 Å². The Hall–Kier alpha value is -2.41. The van der Waals surface area contributed by atoms with Gasteiger partial charge < -0.3 is 19.5 Å². The van der Waals surface area contributed by atoms with E-state index in [1.807, 2.05) is 31.2 Å². The van der Waals surface area contributed by atoms with E-state index in [0.29, 0.717) is 5.78 Å². The average Bonchev–Trinajstić information content (AvgIpc) is 2.59. The van der Waals surface area contributed by atoms with Crippen molar-refractivity contribution in [2.45, 2.75) is 72.5 Å². The van der Waals surface area contributed by atoms with E-state index < -0.39 is 23.5 Å². The zero-order valence-electron chi connectivity index (χ0n) is 19.2. The lowest BCUT2D eigenvalue weighted by Crippen LogP contribution is -2.31. The first kappa shape index (κ1) is 25.6. The van der Waals surface area contributed by atoms with Crippen molar-refractivity contribution in [1.82, 2.24) is 5.32 Å². The van der Waals surface area contributed by atoms with Gasteiger partial charge in [0.1, 0.15) is 11.2 Å². The Kier molecular flexibility index (Phi) is 9.49. The maximum Gasteiger partial charge on any atom is 0.519 e. The third-order valence-electron chi connectivity index (χ3n) is 3.99. The minimum Gasteiger partial charge on any atom is -0.428 e. The predicted octanol–water partition coefficient (Wildman–Crippen LogP) is 5.05. The van der Waals surface area contributed by atoms with Gasteiger partial charge in [-0.15, -0.1) is 0 Å². The van der Waals surface area contributed by atoms with E-state index in [4.69, 9.17) is 9.47 Å². The van der Waals surface area contributed by atoms with Gasteiger partial charge in [-0.1, -0.05) is 29.8 Å². The molecule has 2 rings (SSSR count). The van der Waals surface area contributed by atoms with Crippen molar-refractivity contribution in [1.29, 1.82) is 0 Å². The zero-order chi connectivity index (χ0) is 22.9. The summed E-state index contributed by atoms with van der Waals surface area (Å²) in [7, 11) is 0. The lowest BCUT2D eigenvalue weighted by molar-refractivity contribution is -0.0293.